The number of aliphatic hydroxyl groups excluding tert-OH is 1. The second kappa shape index (κ2) is 4.63. The van der Waals surface area contributed by atoms with Gasteiger partial charge in [-0.1, -0.05) is 41.9 Å². The molecule has 1 unspecified atom stereocenters. The number of hydrogen-bond acceptors (Lipinski definition) is 2. The van der Waals surface area contributed by atoms with E-state index < -0.39 is 6.10 Å². The van der Waals surface area contributed by atoms with E-state index in [-0.39, 0.29) is 6.10 Å². The van der Waals surface area contributed by atoms with Crippen LogP contribution >= 0.6 is 11.6 Å². The van der Waals surface area contributed by atoms with Crippen LogP contribution in [0.5, 0.6) is 5.75 Å². The van der Waals surface area contributed by atoms with E-state index in [1.165, 1.54) is 0 Å². The molecule has 18 heavy (non-hydrogen) atoms. The molecule has 0 fully saturated rings. The van der Waals surface area contributed by atoms with Crippen molar-refractivity contribution in [1.82, 2.24) is 0 Å². The van der Waals surface area contributed by atoms with Crippen molar-refractivity contribution < 1.29 is 9.84 Å². The standard InChI is InChI=1S/C15H13ClO2/c16-11-6-7-14-12(8-11)13(17)9-15(18-14)10-4-2-1-3-5-10/h1-8,13,15,17H,9H2/t13-,15?/m1/s1. The first-order valence-corrected chi connectivity index (χ1v) is 6.31. The number of ether oxygens (including phenoxy) is 1. The lowest BCUT2D eigenvalue weighted by Gasteiger charge is -2.30. The average Bonchev–Trinajstić information content (AvgIpc) is 2.40. The highest BCUT2D eigenvalue weighted by Crippen LogP contribution is 2.41. The molecule has 0 bridgehead atoms. The first-order chi connectivity index (χ1) is 8.74. The third kappa shape index (κ3) is 2.09. The Bertz CT molecular complexity index is 554. The lowest BCUT2D eigenvalue weighted by molar-refractivity contribution is 0.0657. The minimum atomic E-state index is -0.530. The lowest BCUT2D eigenvalue weighted by Crippen LogP contribution is -2.18. The van der Waals surface area contributed by atoms with Gasteiger partial charge in [0.15, 0.2) is 0 Å². The SMILES string of the molecule is O[C@@H]1CC(c2ccccc2)Oc2ccc(Cl)cc21. The molecule has 1 aliphatic rings. The van der Waals surface area contributed by atoms with E-state index in [1.54, 1.807) is 12.1 Å². The predicted molar refractivity (Wildman–Crippen MR) is 70.8 cm³/mol. The molecule has 0 aromatic heterocycles. The van der Waals surface area contributed by atoms with Crippen LogP contribution in [0.25, 0.3) is 0 Å². The Morgan fingerprint density at radius 2 is 1.89 bits per heavy atom. The van der Waals surface area contributed by atoms with Crippen LogP contribution < -0.4 is 4.74 Å². The third-order valence-corrected chi connectivity index (χ3v) is 3.44. The molecule has 3 rings (SSSR count). The van der Waals surface area contributed by atoms with Gasteiger partial charge in [0.2, 0.25) is 0 Å². The first kappa shape index (κ1) is 11.6. The summed E-state index contributed by atoms with van der Waals surface area (Å²) in [5.41, 5.74) is 1.85. The zero-order valence-corrected chi connectivity index (χ0v) is 10.5. The Kier molecular flexibility index (Phi) is 2.98. The number of benzene rings is 2. The fourth-order valence-corrected chi connectivity index (χ4v) is 2.47. The van der Waals surface area contributed by atoms with E-state index in [9.17, 15) is 5.11 Å². The summed E-state index contributed by atoms with van der Waals surface area (Å²) in [6.45, 7) is 0. The monoisotopic (exact) mass is 260 g/mol. The molecule has 0 spiro atoms. The summed E-state index contributed by atoms with van der Waals surface area (Å²) in [4.78, 5) is 0. The van der Waals surface area contributed by atoms with E-state index in [0.717, 1.165) is 11.1 Å². The minimum absolute atomic E-state index is 0.102. The van der Waals surface area contributed by atoms with Crippen molar-refractivity contribution in [2.75, 3.05) is 0 Å². The second-order valence-corrected chi connectivity index (χ2v) is 4.89. The van der Waals surface area contributed by atoms with E-state index in [1.807, 2.05) is 36.4 Å². The van der Waals surface area contributed by atoms with Crippen LogP contribution in [0.3, 0.4) is 0 Å². The van der Waals surface area contributed by atoms with Crippen LogP contribution in [0, 0.1) is 0 Å². The Morgan fingerprint density at radius 1 is 1.11 bits per heavy atom. The van der Waals surface area contributed by atoms with Crippen molar-refractivity contribution in [3.05, 3.63) is 64.7 Å². The zero-order chi connectivity index (χ0) is 12.5. The molecule has 2 nitrogen and oxygen atoms in total. The number of halogens is 1. The van der Waals surface area contributed by atoms with Crippen molar-refractivity contribution in [3.8, 4) is 5.75 Å². The van der Waals surface area contributed by atoms with Gasteiger partial charge in [-0.05, 0) is 23.8 Å². The molecule has 3 heteroatoms. The number of rotatable bonds is 1. The maximum atomic E-state index is 10.2. The molecule has 1 N–H and O–H groups in total. The number of hydrogen-bond donors (Lipinski definition) is 1. The average molecular weight is 261 g/mol. The Labute approximate surface area is 111 Å². The fourth-order valence-electron chi connectivity index (χ4n) is 2.29. The van der Waals surface area contributed by atoms with Crippen LogP contribution in [0.1, 0.15) is 29.8 Å². The van der Waals surface area contributed by atoms with Gasteiger partial charge in [-0.15, -0.1) is 0 Å². The molecule has 1 heterocycles. The molecule has 0 saturated heterocycles. The maximum Gasteiger partial charge on any atom is 0.127 e. The molecular weight excluding hydrogens is 248 g/mol. The molecular formula is C15H13ClO2. The van der Waals surface area contributed by atoms with Crippen LogP contribution in [-0.4, -0.2) is 5.11 Å². The minimum Gasteiger partial charge on any atom is -0.485 e. The van der Waals surface area contributed by atoms with Crippen molar-refractivity contribution in [3.63, 3.8) is 0 Å². The van der Waals surface area contributed by atoms with Crippen LogP contribution in [-0.2, 0) is 0 Å². The summed E-state index contributed by atoms with van der Waals surface area (Å²) >= 11 is 5.93. The van der Waals surface area contributed by atoms with E-state index in [0.29, 0.717) is 17.2 Å². The molecule has 1 aliphatic heterocycles. The number of fused-ring (bicyclic) bond motifs is 1. The Balaban J connectivity index is 1.95. The zero-order valence-electron chi connectivity index (χ0n) is 9.71. The van der Waals surface area contributed by atoms with E-state index in [2.05, 4.69) is 0 Å². The van der Waals surface area contributed by atoms with Gasteiger partial charge in [0, 0.05) is 17.0 Å². The highest BCUT2D eigenvalue weighted by atomic mass is 35.5. The summed E-state index contributed by atoms with van der Waals surface area (Å²) < 4.78 is 5.92. The maximum absolute atomic E-state index is 10.2. The predicted octanol–water partition coefficient (Wildman–Crippen LogP) is 3.90. The van der Waals surface area contributed by atoms with Crippen molar-refractivity contribution in [1.29, 1.82) is 0 Å². The molecule has 2 aromatic carbocycles. The molecule has 0 saturated carbocycles. The smallest absolute Gasteiger partial charge is 0.127 e. The molecule has 2 aromatic rings. The van der Waals surface area contributed by atoms with E-state index >= 15 is 0 Å². The largest absolute Gasteiger partial charge is 0.485 e. The van der Waals surface area contributed by atoms with Gasteiger partial charge in [-0.25, -0.2) is 0 Å². The quantitative estimate of drug-likeness (QED) is 0.843. The van der Waals surface area contributed by atoms with Gasteiger partial charge in [0.1, 0.15) is 11.9 Å². The second-order valence-electron chi connectivity index (χ2n) is 4.45. The van der Waals surface area contributed by atoms with Crippen LogP contribution in [0.4, 0.5) is 0 Å². The van der Waals surface area contributed by atoms with Crippen molar-refractivity contribution in [2.24, 2.45) is 0 Å². The summed E-state index contributed by atoms with van der Waals surface area (Å²) in [7, 11) is 0. The third-order valence-electron chi connectivity index (χ3n) is 3.21. The van der Waals surface area contributed by atoms with Crippen LogP contribution in [0.15, 0.2) is 48.5 Å². The van der Waals surface area contributed by atoms with Crippen molar-refractivity contribution in [2.45, 2.75) is 18.6 Å². The molecule has 0 amide bonds. The van der Waals surface area contributed by atoms with Gasteiger partial charge in [-0.3, -0.25) is 0 Å². The Morgan fingerprint density at radius 3 is 2.67 bits per heavy atom. The first-order valence-electron chi connectivity index (χ1n) is 5.93. The van der Waals surface area contributed by atoms with Gasteiger partial charge < -0.3 is 9.84 Å². The van der Waals surface area contributed by atoms with Gasteiger partial charge in [0.05, 0.1) is 6.10 Å². The Hall–Kier alpha value is -1.51. The van der Waals surface area contributed by atoms with Gasteiger partial charge >= 0.3 is 0 Å². The van der Waals surface area contributed by atoms with Gasteiger partial charge in [0.25, 0.3) is 0 Å². The molecule has 0 radical (unpaired) electrons. The summed E-state index contributed by atoms with van der Waals surface area (Å²) in [5, 5.41) is 10.8. The molecule has 92 valence electrons. The van der Waals surface area contributed by atoms with Crippen LogP contribution in [0.2, 0.25) is 5.02 Å². The molecule has 2 atom stereocenters. The lowest BCUT2D eigenvalue weighted by atomic mass is 9.95. The van der Waals surface area contributed by atoms with E-state index in [4.69, 9.17) is 16.3 Å². The summed E-state index contributed by atoms with van der Waals surface area (Å²) in [5.74, 6) is 0.715. The van der Waals surface area contributed by atoms with Gasteiger partial charge in [-0.2, -0.15) is 0 Å². The number of aliphatic hydroxyl groups is 1. The normalized spacial score (nSPS) is 22.1. The highest BCUT2D eigenvalue weighted by Gasteiger charge is 2.27. The summed E-state index contributed by atoms with van der Waals surface area (Å²) in [6.07, 6.45) is -0.0790. The molecule has 0 aliphatic carbocycles. The summed E-state index contributed by atoms with van der Waals surface area (Å²) in [6, 6.07) is 15.3. The highest BCUT2D eigenvalue weighted by molar-refractivity contribution is 6.30. The fraction of sp³-hybridized carbons (Fsp3) is 0.200. The van der Waals surface area contributed by atoms with Crippen molar-refractivity contribution >= 4 is 11.6 Å². The topological polar surface area (TPSA) is 29.5 Å².